The second-order valence-corrected chi connectivity index (χ2v) is 10.4. The molecule has 3 rings (SSSR count). The van der Waals surface area contributed by atoms with Gasteiger partial charge in [-0.3, -0.25) is 0 Å². The Hall–Kier alpha value is -0.990. The number of hydrogen-bond donors (Lipinski definition) is 1. The van der Waals surface area contributed by atoms with Crippen LogP contribution < -0.4 is 5.32 Å². The van der Waals surface area contributed by atoms with Crippen molar-refractivity contribution in [1.29, 1.82) is 0 Å². The molecule has 2 fully saturated rings. The molecular weight excluding hydrogens is 329 g/mol. The first-order valence-corrected chi connectivity index (χ1v) is 10.5. The molecule has 1 aliphatic heterocycles. The third-order valence-corrected chi connectivity index (χ3v) is 8.28. The molecule has 1 aliphatic carbocycles. The van der Waals surface area contributed by atoms with E-state index in [4.69, 9.17) is 0 Å². The van der Waals surface area contributed by atoms with Crippen molar-refractivity contribution in [1.82, 2.24) is 5.32 Å². The van der Waals surface area contributed by atoms with Crippen LogP contribution in [0.1, 0.15) is 18.4 Å². The zero-order valence-corrected chi connectivity index (χ0v) is 13.8. The second-order valence-electron chi connectivity index (χ2n) is 6.14. The molecule has 0 unspecified atom stereocenters. The first kappa shape index (κ1) is 15.9. The lowest BCUT2D eigenvalue weighted by Crippen LogP contribution is -2.44. The summed E-state index contributed by atoms with van der Waals surface area (Å²) in [6, 6.07) is 3.37. The van der Waals surface area contributed by atoms with E-state index in [-0.39, 0.29) is 11.8 Å². The first-order valence-electron chi connectivity index (χ1n) is 7.15. The molecule has 0 amide bonds. The molecule has 5 nitrogen and oxygen atoms in total. The normalized spacial score (nSPS) is 27.9. The van der Waals surface area contributed by atoms with E-state index < -0.39 is 47.4 Å². The molecule has 122 valence electrons. The molecule has 22 heavy (non-hydrogen) atoms. The summed E-state index contributed by atoms with van der Waals surface area (Å²) >= 11 is 0. The molecule has 1 N–H and O–H groups in total. The lowest BCUT2D eigenvalue weighted by Gasteiger charge is -2.20. The van der Waals surface area contributed by atoms with Crippen LogP contribution in [0.5, 0.6) is 0 Å². The van der Waals surface area contributed by atoms with E-state index in [9.17, 15) is 21.2 Å². The van der Waals surface area contributed by atoms with Gasteiger partial charge in [-0.15, -0.1) is 0 Å². The van der Waals surface area contributed by atoms with Gasteiger partial charge < -0.3 is 5.32 Å². The highest BCUT2D eigenvalue weighted by Crippen LogP contribution is 2.30. The fourth-order valence-corrected chi connectivity index (χ4v) is 7.65. The SMILES string of the molecule is Cc1ccc(F)c(S(=O)(=O)[C@H]2CS(=O)(=O)C[C@@H]2NC2CC2)c1. The first-order chi connectivity index (χ1) is 10.2. The van der Waals surface area contributed by atoms with E-state index in [0.29, 0.717) is 5.56 Å². The van der Waals surface area contributed by atoms with Crippen LogP contribution in [0.2, 0.25) is 0 Å². The monoisotopic (exact) mass is 347 g/mol. The van der Waals surface area contributed by atoms with E-state index in [1.807, 2.05) is 0 Å². The topological polar surface area (TPSA) is 80.3 Å². The van der Waals surface area contributed by atoms with Crippen molar-refractivity contribution >= 4 is 19.7 Å². The predicted molar refractivity (Wildman–Crippen MR) is 80.7 cm³/mol. The molecule has 0 aromatic heterocycles. The van der Waals surface area contributed by atoms with Crippen LogP contribution in [-0.4, -0.2) is 45.7 Å². The minimum atomic E-state index is -4.05. The van der Waals surface area contributed by atoms with Gasteiger partial charge in [0.2, 0.25) is 0 Å². The number of hydrogen-bond acceptors (Lipinski definition) is 5. The average Bonchev–Trinajstić information content (AvgIpc) is 3.15. The Labute approximate surface area is 129 Å². The Morgan fingerprint density at radius 3 is 2.55 bits per heavy atom. The van der Waals surface area contributed by atoms with E-state index in [1.165, 1.54) is 12.1 Å². The van der Waals surface area contributed by atoms with Crippen LogP contribution in [0.15, 0.2) is 23.1 Å². The summed E-state index contributed by atoms with van der Waals surface area (Å²) in [4.78, 5) is -0.405. The van der Waals surface area contributed by atoms with Gasteiger partial charge in [-0.25, -0.2) is 21.2 Å². The average molecular weight is 347 g/mol. The molecule has 1 aromatic carbocycles. The molecule has 0 spiro atoms. The van der Waals surface area contributed by atoms with Gasteiger partial charge in [-0.1, -0.05) is 6.07 Å². The van der Waals surface area contributed by atoms with Gasteiger partial charge in [0, 0.05) is 12.1 Å². The zero-order valence-electron chi connectivity index (χ0n) is 12.1. The van der Waals surface area contributed by atoms with Crippen LogP contribution in [0, 0.1) is 12.7 Å². The summed E-state index contributed by atoms with van der Waals surface area (Å²) in [6.45, 7) is 1.67. The quantitative estimate of drug-likeness (QED) is 0.872. The lowest BCUT2D eigenvalue weighted by molar-refractivity contribution is 0.517. The van der Waals surface area contributed by atoms with Crippen molar-refractivity contribution in [2.45, 2.75) is 42.0 Å². The van der Waals surface area contributed by atoms with Crippen LogP contribution in [0.3, 0.4) is 0 Å². The maximum absolute atomic E-state index is 14.0. The maximum atomic E-state index is 14.0. The summed E-state index contributed by atoms with van der Waals surface area (Å²) in [7, 11) is -7.49. The van der Waals surface area contributed by atoms with Crippen LogP contribution in [-0.2, 0) is 19.7 Å². The third-order valence-electron chi connectivity index (χ3n) is 4.12. The lowest BCUT2D eigenvalue weighted by atomic mass is 10.2. The summed E-state index contributed by atoms with van der Waals surface area (Å²) < 4.78 is 63.3. The summed E-state index contributed by atoms with van der Waals surface area (Å²) in [5.74, 6) is -1.49. The highest BCUT2D eigenvalue weighted by atomic mass is 32.2. The van der Waals surface area contributed by atoms with Crippen LogP contribution in [0.25, 0.3) is 0 Å². The Morgan fingerprint density at radius 2 is 1.91 bits per heavy atom. The molecule has 0 bridgehead atoms. The van der Waals surface area contributed by atoms with E-state index in [0.717, 1.165) is 18.9 Å². The Kier molecular flexibility index (Phi) is 3.81. The van der Waals surface area contributed by atoms with E-state index in [1.54, 1.807) is 6.92 Å². The zero-order chi connectivity index (χ0) is 16.1. The third kappa shape index (κ3) is 3.04. The van der Waals surface area contributed by atoms with Crippen molar-refractivity contribution in [3.8, 4) is 0 Å². The van der Waals surface area contributed by atoms with Gasteiger partial charge in [0.25, 0.3) is 0 Å². The Balaban J connectivity index is 2.00. The van der Waals surface area contributed by atoms with Crippen LogP contribution in [0.4, 0.5) is 4.39 Å². The van der Waals surface area contributed by atoms with Crippen molar-refractivity contribution in [3.05, 3.63) is 29.6 Å². The molecule has 2 atom stereocenters. The van der Waals surface area contributed by atoms with Crippen LogP contribution >= 0.6 is 0 Å². The minimum Gasteiger partial charge on any atom is -0.309 e. The van der Waals surface area contributed by atoms with E-state index >= 15 is 0 Å². The molecule has 1 heterocycles. The largest absolute Gasteiger partial charge is 0.309 e. The summed E-state index contributed by atoms with van der Waals surface area (Å²) in [5.41, 5.74) is 0.618. The number of benzene rings is 1. The maximum Gasteiger partial charge on any atom is 0.186 e. The van der Waals surface area contributed by atoms with Crippen molar-refractivity contribution in [2.75, 3.05) is 11.5 Å². The van der Waals surface area contributed by atoms with Crippen molar-refractivity contribution in [3.63, 3.8) is 0 Å². The van der Waals surface area contributed by atoms with Gasteiger partial charge in [0.1, 0.15) is 10.7 Å². The number of aryl methyl sites for hydroxylation is 1. The smallest absolute Gasteiger partial charge is 0.186 e. The standard InChI is InChI=1S/C14H18FNO4S2/c1-9-2-5-11(15)13(6-9)22(19,20)14-8-21(17,18)7-12(14)16-10-3-4-10/h2,5-6,10,12,14,16H,3-4,7-8H2,1H3/t12-,14-/m0/s1. The van der Waals surface area contributed by atoms with Crippen molar-refractivity contribution in [2.24, 2.45) is 0 Å². The molecule has 1 saturated heterocycles. The van der Waals surface area contributed by atoms with E-state index in [2.05, 4.69) is 5.32 Å². The highest BCUT2D eigenvalue weighted by molar-refractivity contribution is 7.96. The van der Waals surface area contributed by atoms with Gasteiger partial charge >= 0.3 is 0 Å². The van der Waals surface area contributed by atoms with Gasteiger partial charge in [0.15, 0.2) is 19.7 Å². The summed E-state index contributed by atoms with van der Waals surface area (Å²) in [5, 5.41) is 1.96. The fraction of sp³-hybridized carbons (Fsp3) is 0.571. The highest BCUT2D eigenvalue weighted by Gasteiger charge is 2.47. The number of rotatable bonds is 4. The van der Waals surface area contributed by atoms with Gasteiger partial charge in [-0.2, -0.15) is 0 Å². The number of nitrogens with one attached hydrogen (secondary N) is 1. The Bertz CT molecular complexity index is 800. The number of sulfone groups is 2. The molecule has 2 aliphatic rings. The van der Waals surface area contributed by atoms with Crippen molar-refractivity contribution < 1.29 is 21.2 Å². The molecular formula is C14H18FNO4S2. The molecule has 0 radical (unpaired) electrons. The fourth-order valence-electron chi connectivity index (χ4n) is 2.82. The minimum absolute atomic E-state index is 0.179. The Morgan fingerprint density at radius 1 is 1.23 bits per heavy atom. The number of halogens is 1. The second kappa shape index (κ2) is 5.28. The molecule has 8 heteroatoms. The predicted octanol–water partition coefficient (Wildman–Crippen LogP) is 0.825. The van der Waals surface area contributed by atoms with Gasteiger partial charge in [-0.05, 0) is 37.5 Å². The molecule has 1 aromatic rings. The summed E-state index contributed by atoms with van der Waals surface area (Å²) in [6.07, 6.45) is 1.84. The van der Waals surface area contributed by atoms with Gasteiger partial charge in [0.05, 0.1) is 16.8 Å². The molecule has 1 saturated carbocycles.